The second kappa shape index (κ2) is 9.34. The van der Waals surface area contributed by atoms with Gasteiger partial charge >= 0.3 is 0 Å². The molecule has 1 fully saturated rings. The molecule has 0 aliphatic carbocycles. The fourth-order valence-electron chi connectivity index (χ4n) is 4.20. The highest BCUT2D eigenvalue weighted by Gasteiger charge is 2.23. The minimum absolute atomic E-state index is 0.192. The molecule has 29 heavy (non-hydrogen) atoms. The van der Waals surface area contributed by atoms with Crippen LogP contribution in [0.5, 0.6) is 0 Å². The van der Waals surface area contributed by atoms with Crippen molar-refractivity contribution in [2.24, 2.45) is 0 Å². The first-order chi connectivity index (χ1) is 14.2. The predicted octanol–water partition coefficient (Wildman–Crippen LogP) is 5.59. The van der Waals surface area contributed by atoms with Crippen LogP contribution in [-0.4, -0.2) is 36.0 Å². The number of rotatable bonds is 6. The second-order valence-electron chi connectivity index (χ2n) is 8.13. The van der Waals surface area contributed by atoms with Gasteiger partial charge in [-0.3, -0.25) is 4.90 Å². The van der Waals surface area contributed by atoms with Crippen molar-refractivity contribution >= 4 is 0 Å². The van der Waals surface area contributed by atoms with Gasteiger partial charge in [-0.1, -0.05) is 66.7 Å². The van der Waals surface area contributed by atoms with Crippen LogP contribution in [0.4, 0.5) is 4.39 Å². The van der Waals surface area contributed by atoms with E-state index >= 15 is 0 Å². The van der Waals surface area contributed by atoms with Gasteiger partial charge in [0.25, 0.3) is 0 Å². The van der Waals surface area contributed by atoms with Gasteiger partial charge in [-0.25, -0.2) is 4.39 Å². The van der Waals surface area contributed by atoms with Crippen LogP contribution in [0.3, 0.4) is 0 Å². The second-order valence-corrected chi connectivity index (χ2v) is 8.13. The summed E-state index contributed by atoms with van der Waals surface area (Å²) in [4.78, 5) is 5.05. The van der Waals surface area contributed by atoms with Crippen molar-refractivity contribution in [3.05, 3.63) is 95.8 Å². The van der Waals surface area contributed by atoms with Crippen molar-refractivity contribution in [3.8, 4) is 11.1 Å². The highest BCUT2D eigenvalue weighted by Crippen LogP contribution is 2.24. The van der Waals surface area contributed by atoms with E-state index in [4.69, 9.17) is 0 Å². The average Bonchev–Trinajstić information content (AvgIpc) is 2.75. The Morgan fingerprint density at radius 3 is 2.10 bits per heavy atom. The van der Waals surface area contributed by atoms with Gasteiger partial charge in [0.05, 0.1) is 0 Å². The molecule has 0 spiro atoms. The van der Waals surface area contributed by atoms with Crippen molar-refractivity contribution in [1.29, 1.82) is 0 Å². The number of halogens is 1. The van der Waals surface area contributed by atoms with Crippen LogP contribution in [0.25, 0.3) is 11.1 Å². The fraction of sp³-hybridized carbons (Fsp3) is 0.308. The van der Waals surface area contributed by atoms with Crippen LogP contribution in [0.15, 0.2) is 78.9 Å². The molecule has 1 saturated heterocycles. The van der Waals surface area contributed by atoms with Crippen LogP contribution >= 0.6 is 0 Å². The highest BCUT2D eigenvalue weighted by molar-refractivity contribution is 5.63. The summed E-state index contributed by atoms with van der Waals surface area (Å²) in [6, 6.07) is 26.8. The minimum Gasteiger partial charge on any atom is -0.306 e. The summed E-state index contributed by atoms with van der Waals surface area (Å²) in [5.74, 6) is -0.192. The molecule has 0 radical (unpaired) electrons. The molecule has 0 unspecified atom stereocenters. The van der Waals surface area contributed by atoms with Gasteiger partial charge < -0.3 is 4.90 Å². The summed E-state index contributed by atoms with van der Waals surface area (Å²) in [6.07, 6.45) is 2.43. The number of nitrogens with zero attached hydrogens (tertiary/aromatic N) is 2. The lowest BCUT2D eigenvalue weighted by molar-refractivity contribution is 0.108. The van der Waals surface area contributed by atoms with Crippen molar-refractivity contribution in [2.75, 3.05) is 20.1 Å². The lowest BCUT2D eigenvalue weighted by Crippen LogP contribution is -2.43. The van der Waals surface area contributed by atoms with E-state index in [9.17, 15) is 4.39 Å². The third-order valence-corrected chi connectivity index (χ3v) is 5.93. The zero-order chi connectivity index (χ0) is 20.1. The largest absolute Gasteiger partial charge is 0.306 e. The van der Waals surface area contributed by atoms with E-state index in [2.05, 4.69) is 71.4 Å². The predicted molar refractivity (Wildman–Crippen MR) is 118 cm³/mol. The normalized spacial score (nSPS) is 15.7. The Labute approximate surface area is 173 Å². The smallest absolute Gasteiger partial charge is 0.123 e. The molecular weight excluding hydrogens is 359 g/mol. The lowest BCUT2D eigenvalue weighted by atomic mass is 10.0. The Bertz CT molecular complexity index is 900. The third-order valence-electron chi connectivity index (χ3n) is 5.93. The molecule has 2 nitrogen and oxygen atoms in total. The molecule has 0 amide bonds. The monoisotopic (exact) mass is 388 g/mol. The van der Waals surface area contributed by atoms with E-state index < -0.39 is 0 Å². The average molecular weight is 389 g/mol. The number of likely N-dealkylation sites (tertiary alicyclic amines) is 1. The summed E-state index contributed by atoms with van der Waals surface area (Å²) in [5.41, 5.74) is 4.65. The van der Waals surface area contributed by atoms with Gasteiger partial charge in [-0.05, 0) is 67.4 Å². The molecular formula is C26H29FN2. The van der Waals surface area contributed by atoms with Crippen molar-refractivity contribution in [2.45, 2.75) is 32.0 Å². The third kappa shape index (κ3) is 5.31. The molecule has 1 aliphatic rings. The Morgan fingerprint density at radius 2 is 1.45 bits per heavy atom. The van der Waals surface area contributed by atoms with Crippen LogP contribution in [0, 0.1) is 5.82 Å². The van der Waals surface area contributed by atoms with E-state index in [0.717, 1.165) is 37.3 Å². The molecule has 1 aliphatic heterocycles. The maximum atomic E-state index is 13.5. The van der Waals surface area contributed by atoms with Gasteiger partial charge in [-0.15, -0.1) is 0 Å². The van der Waals surface area contributed by atoms with Gasteiger partial charge in [0.1, 0.15) is 5.82 Å². The SMILES string of the molecule is CN1CCC(N(Cc2ccccc2)Cc2ccc(-c3cccc(F)c3)cc2)CC1. The molecule has 0 aromatic heterocycles. The lowest BCUT2D eigenvalue weighted by Gasteiger charge is -2.37. The molecule has 3 aromatic rings. The maximum Gasteiger partial charge on any atom is 0.123 e. The van der Waals surface area contributed by atoms with Gasteiger partial charge in [0.15, 0.2) is 0 Å². The molecule has 0 atom stereocenters. The van der Waals surface area contributed by atoms with Crippen molar-refractivity contribution in [3.63, 3.8) is 0 Å². The molecule has 3 aromatic carbocycles. The number of hydrogen-bond acceptors (Lipinski definition) is 2. The van der Waals surface area contributed by atoms with E-state index in [0.29, 0.717) is 6.04 Å². The Kier molecular flexibility index (Phi) is 6.38. The molecule has 0 saturated carbocycles. The molecule has 1 heterocycles. The highest BCUT2D eigenvalue weighted by atomic mass is 19.1. The van der Waals surface area contributed by atoms with Gasteiger partial charge in [0.2, 0.25) is 0 Å². The van der Waals surface area contributed by atoms with Crippen molar-refractivity contribution in [1.82, 2.24) is 9.80 Å². The quantitative estimate of drug-likeness (QED) is 0.543. The molecule has 4 rings (SSSR count). The Hall–Kier alpha value is -2.49. The summed E-state index contributed by atoms with van der Waals surface area (Å²) in [5, 5.41) is 0. The van der Waals surface area contributed by atoms with Crippen LogP contribution < -0.4 is 0 Å². The molecule has 3 heteroatoms. The summed E-state index contributed by atoms with van der Waals surface area (Å²) in [6.45, 7) is 4.23. The molecule has 0 bridgehead atoms. The zero-order valence-corrected chi connectivity index (χ0v) is 17.1. The minimum atomic E-state index is -0.192. The van der Waals surface area contributed by atoms with E-state index in [-0.39, 0.29) is 5.82 Å². The Morgan fingerprint density at radius 1 is 0.793 bits per heavy atom. The fourth-order valence-corrected chi connectivity index (χ4v) is 4.20. The van der Waals surface area contributed by atoms with E-state index in [1.54, 1.807) is 12.1 Å². The number of piperidine rings is 1. The Balaban J connectivity index is 1.50. The number of benzene rings is 3. The number of hydrogen-bond donors (Lipinski definition) is 0. The van der Waals surface area contributed by atoms with E-state index in [1.807, 2.05) is 6.07 Å². The van der Waals surface area contributed by atoms with Crippen LogP contribution in [-0.2, 0) is 13.1 Å². The summed E-state index contributed by atoms with van der Waals surface area (Å²) >= 11 is 0. The van der Waals surface area contributed by atoms with Crippen LogP contribution in [0.2, 0.25) is 0 Å². The topological polar surface area (TPSA) is 6.48 Å². The summed E-state index contributed by atoms with van der Waals surface area (Å²) in [7, 11) is 2.21. The first-order valence-electron chi connectivity index (χ1n) is 10.5. The first-order valence-corrected chi connectivity index (χ1v) is 10.5. The van der Waals surface area contributed by atoms with Crippen LogP contribution in [0.1, 0.15) is 24.0 Å². The molecule has 0 N–H and O–H groups in total. The zero-order valence-electron chi connectivity index (χ0n) is 17.1. The van der Waals surface area contributed by atoms with E-state index in [1.165, 1.54) is 30.0 Å². The van der Waals surface area contributed by atoms with Crippen molar-refractivity contribution < 1.29 is 4.39 Å². The van der Waals surface area contributed by atoms with Gasteiger partial charge in [-0.2, -0.15) is 0 Å². The standard InChI is InChI=1S/C26H29FN2/c1-28-16-14-26(15-17-28)29(19-21-6-3-2-4-7-21)20-22-10-12-23(13-11-22)24-8-5-9-25(27)18-24/h2-13,18,26H,14-17,19-20H2,1H3. The first kappa shape index (κ1) is 19.8. The van der Waals surface area contributed by atoms with Gasteiger partial charge in [0, 0.05) is 19.1 Å². The maximum absolute atomic E-state index is 13.5. The summed E-state index contributed by atoms with van der Waals surface area (Å²) < 4.78 is 13.5. The molecule has 150 valence electrons.